The zero-order valence-corrected chi connectivity index (χ0v) is 17.6. The third-order valence-electron chi connectivity index (χ3n) is 4.59. The molecule has 0 bridgehead atoms. The SMILES string of the molecule is CCCCC/C=C\C/C=C\CCCCCCCC(=O)OCCCCCC. The van der Waals surface area contributed by atoms with Crippen LogP contribution in [-0.2, 0) is 9.53 Å². The summed E-state index contributed by atoms with van der Waals surface area (Å²) >= 11 is 0. The van der Waals surface area contributed by atoms with Crippen molar-refractivity contribution in [3.05, 3.63) is 24.3 Å². The van der Waals surface area contributed by atoms with Crippen molar-refractivity contribution < 1.29 is 9.53 Å². The standard InChI is InChI=1S/C24H44O2/c1-3-5-7-9-10-11-12-13-14-15-16-17-18-19-20-22-24(25)26-23-21-8-6-4-2/h10-11,13-14H,3-9,12,15-23H2,1-2H3/b11-10-,14-13-. The molecule has 0 aliphatic carbocycles. The Balaban J connectivity index is 3.25. The van der Waals surface area contributed by atoms with Gasteiger partial charge in [-0.2, -0.15) is 0 Å². The first-order valence-corrected chi connectivity index (χ1v) is 11.3. The number of carbonyl (C=O) groups excluding carboxylic acids is 1. The van der Waals surface area contributed by atoms with Gasteiger partial charge in [-0.15, -0.1) is 0 Å². The van der Waals surface area contributed by atoms with Crippen LogP contribution >= 0.6 is 0 Å². The van der Waals surface area contributed by atoms with Gasteiger partial charge in [0.2, 0.25) is 0 Å². The first kappa shape index (κ1) is 24.9. The first-order chi connectivity index (χ1) is 12.8. The van der Waals surface area contributed by atoms with Crippen LogP contribution in [0.3, 0.4) is 0 Å². The molecular formula is C24H44O2. The van der Waals surface area contributed by atoms with Crippen molar-refractivity contribution >= 4 is 5.97 Å². The monoisotopic (exact) mass is 364 g/mol. The first-order valence-electron chi connectivity index (χ1n) is 11.3. The Morgan fingerprint density at radius 2 is 1.19 bits per heavy atom. The van der Waals surface area contributed by atoms with Crippen LogP contribution in [0.5, 0.6) is 0 Å². The fourth-order valence-corrected chi connectivity index (χ4v) is 2.87. The molecule has 0 rings (SSSR count). The van der Waals surface area contributed by atoms with Crippen molar-refractivity contribution in [3.63, 3.8) is 0 Å². The Morgan fingerprint density at radius 3 is 1.88 bits per heavy atom. The number of hydrogen-bond acceptors (Lipinski definition) is 2. The quantitative estimate of drug-likeness (QED) is 0.132. The molecule has 0 amide bonds. The molecule has 2 nitrogen and oxygen atoms in total. The molecule has 152 valence electrons. The molecule has 0 aliphatic heterocycles. The van der Waals surface area contributed by atoms with Crippen LogP contribution in [-0.4, -0.2) is 12.6 Å². The van der Waals surface area contributed by atoms with Crippen molar-refractivity contribution in [2.24, 2.45) is 0 Å². The van der Waals surface area contributed by atoms with Gasteiger partial charge in [0, 0.05) is 6.42 Å². The van der Waals surface area contributed by atoms with Gasteiger partial charge in [0.15, 0.2) is 0 Å². The summed E-state index contributed by atoms with van der Waals surface area (Å²) in [6, 6.07) is 0. The van der Waals surface area contributed by atoms with Crippen LogP contribution < -0.4 is 0 Å². The molecule has 0 aromatic rings. The van der Waals surface area contributed by atoms with E-state index < -0.39 is 0 Å². The summed E-state index contributed by atoms with van der Waals surface area (Å²) in [5, 5.41) is 0. The number of rotatable bonds is 19. The molecule has 0 fully saturated rings. The molecule has 0 N–H and O–H groups in total. The normalized spacial score (nSPS) is 11.6. The molecule has 0 saturated carbocycles. The number of carbonyl (C=O) groups is 1. The van der Waals surface area contributed by atoms with E-state index in [2.05, 4.69) is 38.2 Å². The van der Waals surface area contributed by atoms with E-state index in [9.17, 15) is 4.79 Å². The highest BCUT2D eigenvalue weighted by Crippen LogP contribution is 2.09. The van der Waals surface area contributed by atoms with E-state index >= 15 is 0 Å². The maximum Gasteiger partial charge on any atom is 0.305 e. The maximum absolute atomic E-state index is 11.6. The molecule has 0 radical (unpaired) electrons. The Bertz CT molecular complexity index is 344. The third kappa shape index (κ3) is 21.0. The van der Waals surface area contributed by atoms with Gasteiger partial charge in [0.1, 0.15) is 0 Å². The van der Waals surface area contributed by atoms with E-state index in [0.717, 1.165) is 25.7 Å². The third-order valence-corrected chi connectivity index (χ3v) is 4.59. The fraction of sp³-hybridized carbons (Fsp3) is 0.792. The number of hydrogen-bond donors (Lipinski definition) is 0. The van der Waals surface area contributed by atoms with Gasteiger partial charge in [-0.1, -0.05) is 89.5 Å². The number of ether oxygens (including phenoxy) is 1. The molecule has 26 heavy (non-hydrogen) atoms. The van der Waals surface area contributed by atoms with Gasteiger partial charge >= 0.3 is 5.97 Å². The lowest BCUT2D eigenvalue weighted by Crippen LogP contribution is -2.05. The summed E-state index contributed by atoms with van der Waals surface area (Å²) in [6.07, 6.45) is 27.8. The predicted octanol–water partition coefficient (Wildman–Crippen LogP) is 7.92. The molecule has 2 heteroatoms. The topological polar surface area (TPSA) is 26.3 Å². The minimum Gasteiger partial charge on any atom is -0.466 e. The van der Waals surface area contributed by atoms with Crippen LogP contribution in [0.4, 0.5) is 0 Å². The number of unbranched alkanes of at least 4 members (excludes halogenated alkanes) is 11. The van der Waals surface area contributed by atoms with Gasteiger partial charge in [0.25, 0.3) is 0 Å². The highest BCUT2D eigenvalue weighted by atomic mass is 16.5. The van der Waals surface area contributed by atoms with Gasteiger partial charge in [-0.3, -0.25) is 4.79 Å². The van der Waals surface area contributed by atoms with Crippen molar-refractivity contribution in [1.29, 1.82) is 0 Å². The summed E-state index contributed by atoms with van der Waals surface area (Å²) in [5.74, 6) is -0.00724. The molecule has 0 aliphatic rings. The highest BCUT2D eigenvalue weighted by molar-refractivity contribution is 5.69. The van der Waals surface area contributed by atoms with Crippen molar-refractivity contribution in [2.45, 2.75) is 117 Å². The summed E-state index contributed by atoms with van der Waals surface area (Å²) in [5.41, 5.74) is 0. The van der Waals surface area contributed by atoms with Gasteiger partial charge < -0.3 is 4.74 Å². The van der Waals surface area contributed by atoms with Crippen LogP contribution in [0.2, 0.25) is 0 Å². The minimum atomic E-state index is -0.00724. The minimum absolute atomic E-state index is 0.00724. The molecule has 0 aromatic carbocycles. The van der Waals surface area contributed by atoms with Crippen LogP contribution in [0.1, 0.15) is 117 Å². The van der Waals surface area contributed by atoms with Gasteiger partial charge in [0.05, 0.1) is 6.61 Å². The Hall–Kier alpha value is -1.05. The average Bonchev–Trinajstić information content (AvgIpc) is 2.64. The average molecular weight is 365 g/mol. The zero-order chi connectivity index (χ0) is 19.1. The van der Waals surface area contributed by atoms with Gasteiger partial charge in [-0.05, 0) is 44.9 Å². The summed E-state index contributed by atoms with van der Waals surface area (Å²) in [6.45, 7) is 5.05. The Labute approximate surface area is 163 Å². The second-order valence-electron chi connectivity index (χ2n) is 7.26. The van der Waals surface area contributed by atoms with E-state index in [0.29, 0.717) is 13.0 Å². The lowest BCUT2D eigenvalue weighted by atomic mass is 10.1. The largest absolute Gasteiger partial charge is 0.466 e. The van der Waals surface area contributed by atoms with Crippen LogP contribution in [0, 0.1) is 0 Å². The fourth-order valence-electron chi connectivity index (χ4n) is 2.87. The molecule has 0 spiro atoms. The van der Waals surface area contributed by atoms with E-state index in [1.165, 1.54) is 70.6 Å². The second kappa shape index (κ2) is 22.0. The molecular weight excluding hydrogens is 320 g/mol. The van der Waals surface area contributed by atoms with E-state index in [1.54, 1.807) is 0 Å². The van der Waals surface area contributed by atoms with E-state index in [-0.39, 0.29) is 5.97 Å². The second-order valence-corrected chi connectivity index (χ2v) is 7.26. The van der Waals surface area contributed by atoms with E-state index in [1.807, 2.05) is 0 Å². The van der Waals surface area contributed by atoms with Crippen LogP contribution in [0.15, 0.2) is 24.3 Å². The van der Waals surface area contributed by atoms with E-state index in [4.69, 9.17) is 4.74 Å². The van der Waals surface area contributed by atoms with Crippen molar-refractivity contribution in [2.75, 3.05) is 6.61 Å². The molecule has 0 saturated heterocycles. The zero-order valence-electron chi connectivity index (χ0n) is 17.6. The number of esters is 1. The number of allylic oxidation sites excluding steroid dienone is 4. The summed E-state index contributed by atoms with van der Waals surface area (Å²) < 4.78 is 5.25. The molecule has 0 unspecified atom stereocenters. The maximum atomic E-state index is 11.6. The summed E-state index contributed by atoms with van der Waals surface area (Å²) in [7, 11) is 0. The van der Waals surface area contributed by atoms with Gasteiger partial charge in [-0.25, -0.2) is 0 Å². The lowest BCUT2D eigenvalue weighted by molar-refractivity contribution is -0.143. The van der Waals surface area contributed by atoms with Crippen molar-refractivity contribution in [1.82, 2.24) is 0 Å². The van der Waals surface area contributed by atoms with Crippen molar-refractivity contribution in [3.8, 4) is 0 Å². The Kier molecular flexibility index (Phi) is 21.1. The molecule has 0 heterocycles. The van der Waals surface area contributed by atoms with Crippen LogP contribution in [0.25, 0.3) is 0 Å². The lowest BCUT2D eigenvalue weighted by Gasteiger charge is -2.04. The Morgan fingerprint density at radius 1 is 0.654 bits per heavy atom. The molecule has 0 atom stereocenters. The summed E-state index contributed by atoms with van der Waals surface area (Å²) in [4.78, 5) is 11.6. The smallest absolute Gasteiger partial charge is 0.305 e. The molecule has 0 aromatic heterocycles. The highest BCUT2D eigenvalue weighted by Gasteiger charge is 2.02. The predicted molar refractivity (Wildman–Crippen MR) is 114 cm³/mol.